The standard InChI is InChI=1S/C8H6N2O2S2/c11-6-5(14-7(13)10-6)4-8(12)2-1-3-9-8/h1-4,12H,(H,10,11,13). The summed E-state index contributed by atoms with van der Waals surface area (Å²) in [6.07, 6.45) is 5.97. The molecule has 1 atom stereocenters. The zero-order chi connectivity index (χ0) is 10.2. The number of carbonyl (C=O) groups excluding carboxylic acids is 1. The van der Waals surface area contributed by atoms with Crippen molar-refractivity contribution in [3.05, 3.63) is 23.1 Å². The van der Waals surface area contributed by atoms with Crippen molar-refractivity contribution in [2.45, 2.75) is 5.72 Å². The van der Waals surface area contributed by atoms with E-state index in [1.807, 2.05) is 0 Å². The molecule has 0 aliphatic carbocycles. The van der Waals surface area contributed by atoms with Gasteiger partial charge in [-0.3, -0.25) is 9.79 Å². The van der Waals surface area contributed by atoms with Crippen molar-refractivity contribution in [3.8, 4) is 0 Å². The van der Waals surface area contributed by atoms with E-state index in [0.29, 0.717) is 9.23 Å². The molecule has 0 aromatic heterocycles. The number of hydrogen-bond acceptors (Lipinski definition) is 5. The van der Waals surface area contributed by atoms with E-state index in [1.165, 1.54) is 18.4 Å². The van der Waals surface area contributed by atoms with Gasteiger partial charge < -0.3 is 10.4 Å². The zero-order valence-corrected chi connectivity index (χ0v) is 8.56. The van der Waals surface area contributed by atoms with Gasteiger partial charge in [0, 0.05) is 6.21 Å². The van der Waals surface area contributed by atoms with Crippen molar-refractivity contribution in [3.63, 3.8) is 0 Å². The van der Waals surface area contributed by atoms with Crippen molar-refractivity contribution >= 4 is 40.4 Å². The molecule has 0 saturated carbocycles. The maximum Gasteiger partial charge on any atom is 0.263 e. The molecule has 2 N–H and O–H groups in total. The van der Waals surface area contributed by atoms with E-state index in [2.05, 4.69) is 10.3 Å². The lowest BCUT2D eigenvalue weighted by molar-refractivity contribution is -0.115. The predicted molar refractivity (Wildman–Crippen MR) is 59.0 cm³/mol. The van der Waals surface area contributed by atoms with Crippen LogP contribution in [-0.2, 0) is 4.79 Å². The molecular formula is C8H6N2O2S2. The highest BCUT2D eigenvalue weighted by molar-refractivity contribution is 8.26. The van der Waals surface area contributed by atoms with Gasteiger partial charge >= 0.3 is 0 Å². The predicted octanol–water partition coefficient (Wildman–Crippen LogP) is 0.347. The number of aliphatic hydroxyl groups is 1. The topological polar surface area (TPSA) is 61.7 Å². The second-order valence-electron chi connectivity index (χ2n) is 2.77. The minimum Gasteiger partial charge on any atom is -0.363 e. The van der Waals surface area contributed by atoms with E-state index in [0.717, 1.165) is 11.8 Å². The minimum absolute atomic E-state index is 0.288. The number of amides is 1. The normalized spacial score (nSPS) is 33.1. The molecule has 6 heteroatoms. The molecule has 0 bridgehead atoms. The van der Waals surface area contributed by atoms with Crippen LogP contribution in [0, 0.1) is 0 Å². The fourth-order valence-electron chi connectivity index (χ4n) is 1.09. The first-order valence-corrected chi connectivity index (χ1v) is 5.03. The number of aliphatic imine (C=N–C) groups is 1. The Morgan fingerprint density at radius 1 is 1.71 bits per heavy atom. The third-order valence-electron chi connectivity index (χ3n) is 1.69. The van der Waals surface area contributed by atoms with Crippen LogP contribution in [-0.4, -0.2) is 27.3 Å². The van der Waals surface area contributed by atoms with Gasteiger partial charge in [0.2, 0.25) is 0 Å². The molecular weight excluding hydrogens is 220 g/mol. The molecule has 2 heterocycles. The van der Waals surface area contributed by atoms with E-state index in [4.69, 9.17) is 12.2 Å². The van der Waals surface area contributed by atoms with Crippen molar-refractivity contribution in [2.24, 2.45) is 4.99 Å². The fraction of sp³-hybridized carbons (Fsp3) is 0.125. The third-order valence-corrected chi connectivity index (χ3v) is 2.86. The first-order chi connectivity index (χ1) is 6.59. The summed E-state index contributed by atoms with van der Waals surface area (Å²) in [7, 11) is 0. The highest BCUT2D eigenvalue weighted by Gasteiger charge is 2.28. The lowest BCUT2D eigenvalue weighted by Gasteiger charge is -2.11. The van der Waals surface area contributed by atoms with Crippen molar-refractivity contribution in [1.82, 2.24) is 5.32 Å². The van der Waals surface area contributed by atoms with E-state index < -0.39 is 5.72 Å². The second kappa shape index (κ2) is 3.30. The number of rotatable bonds is 1. The lowest BCUT2D eigenvalue weighted by Crippen LogP contribution is -2.21. The molecule has 0 radical (unpaired) electrons. The average molecular weight is 226 g/mol. The number of thioether (sulfide) groups is 1. The van der Waals surface area contributed by atoms with Crippen LogP contribution < -0.4 is 5.32 Å². The summed E-state index contributed by atoms with van der Waals surface area (Å²) in [5.41, 5.74) is -1.39. The summed E-state index contributed by atoms with van der Waals surface area (Å²) in [5.74, 6) is -0.288. The minimum atomic E-state index is -1.39. The van der Waals surface area contributed by atoms with Gasteiger partial charge in [-0.2, -0.15) is 0 Å². The maximum absolute atomic E-state index is 11.2. The molecule has 0 aromatic rings. The molecule has 0 aromatic carbocycles. The molecule has 1 fully saturated rings. The molecule has 4 nitrogen and oxygen atoms in total. The highest BCUT2D eigenvalue weighted by atomic mass is 32.2. The Morgan fingerprint density at radius 3 is 3.00 bits per heavy atom. The van der Waals surface area contributed by atoms with Crippen LogP contribution in [0.4, 0.5) is 0 Å². The van der Waals surface area contributed by atoms with E-state index in [-0.39, 0.29) is 5.91 Å². The molecule has 72 valence electrons. The molecule has 1 saturated heterocycles. The van der Waals surface area contributed by atoms with Gasteiger partial charge in [0.05, 0.1) is 4.91 Å². The number of thiocarbonyl (C=S) groups is 1. The number of nitrogens with one attached hydrogen (secondary N) is 1. The van der Waals surface area contributed by atoms with Crippen LogP contribution in [0.15, 0.2) is 28.1 Å². The Hall–Kier alpha value is -0.980. The largest absolute Gasteiger partial charge is 0.363 e. The quantitative estimate of drug-likeness (QED) is 0.500. The number of allylic oxidation sites excluding steroid dienone is 1. The molecule has 1 amide bonds. The van der Waals surface area contributed by atoms with Gasteiger partial charge in [0.1, 0.15) is 4.32 Å². The Labute approximate surface area is 89.8 Å². The first-order valence-electron chi connectivity index (χ1n) is 3.80. The van der Waals surface area contributed by atoms with E-state index in [1.54, 1.807) is 6.08 Å². The van der Waals surface area contributed by atoms with E-state index in [9.17, 15) is 9.90 Å². The van der Waals surface area contributed by atoms with Gasteiger partial charge in [0.15, 0.2) is 5.72 Å². The van der Waals surface area contributed by atoms with E-state index >= 15 is 0 Å². The van der Waals surface area contributed by atoms with Gasteiger partial charge in [-0.25, -0.2) is 0 Å². The Morgan fingerprint density at radius 2 is 2.50 bits per heavy atom. The summed E-state index contributed by atoms with van der Waals surface area (Å²) in [4.78, 5) is 15.4. The fourth-order valence-corrected chi connectivity index (χ4v) is 2.17. The summed E-state index contributed by atoms with van der Waals surface area (Å²) in [6.45, 7) is 0. The second-order valence-corrected chi connectivity index (χ2v) is 4.49. The smallest absolute Gasteiger partial charge is 0.263 e. The molecule has 0 spiro atoms. The number of hydrogen-bond donors (Lipinski definition) is 2. The molecule has 2 rings (SSSR count). The molecule has 1 unspecified atom stereocenters. The van der Waals surface area contributed by atoms with Gasteiger partial charge in [0.25, 0.3) is 5.91 Å². The molecule has 2 aliphatic rings. The van der Waals surface area contributed by atoms with Crippen LogP contribution in [0.25, 0.3) is 0 Å². The van der Waals surface area contributed by atoms with Gasteiger partial charge in [-0.15, -0.1) is 0 Å². The van der Waals surface area contributed by atoms with Crippen molar-refractivity contribution < 1.29 is 9.90 Å². The zero-order valence-electron chi connectivity index (χ0n) is 6.93. The monoisotopic (exact) mass is 226 g/mol. The van der Waals surface area contributed by atoms with Crippen LogP contribution in [0.3, 0.4) is 0 Å². The third kappa shape index (κ3) is 1.77. The Balaban J connectivity index is 2.27. The summed E-state index contributed by atoms with van der Waals surface area (Å²) in [5, 5.41) is 12.2. The summed E-state index contributed by atoms with van der Waals surface area (Å²) >= 11 is 5.93. The summed E-state index contributed by atoms with van der Waals surface area (Å²) < 4.78 is 0.399. The van der Waals surface area contributed by atoms with Crippen LogP contribution in [0.5, 0.6) is 0 Å². The van der Waals surface area contributed by atoms with Crippen molar-refractivity contribution in [1.29, 1.82) is 0 Å². The van der Waals surface area contributed by atoms with Gasteiger partial charge in [-0.1, -0.05) is 24.0 Å². The molecule has 2 aliphatic heterocycles. The van der Waals surface area contributed by atoms with Gasteiger partial charge in [-0.05, 0) is 18.2 Å². The number of nitrogens with zero attached hydrogens (tertiary/aromatic N) is 1. The highest BCUT2D eigenvalue weighted by Crippen LogP contribution is 2.27. The number of carbonyl (C=O) groups is 1. The van der Waals surface area contributed by atoms with Crippen LogP contribution in [0.1, 0.15) is 0 Å². The Kier molecular flexibility index (Phi) is 2.26. The van der Waals surface area contributed by atoms with Crippen LogP contribution >= 0.6 is 24.0 Å². The average Bonchev–Trinajstić information content (AvgIpc) is 2.61. The maximum atomic E-state index is 11.2. The lowest BCUT2D eigenvalue weighted by atomic mass is 10.2. The Bertz CT molecular complexity index is 386. The SMILES string of the molecule is O=C1NC(=S)SC1=CC1(O)C=CC=N1. The first kappa shape index (κ1) is 9.57. The van der Waals surface area contributed by atoms with Crippen molar-refractivity contribution in [2.75, 3.05) is 0 Å². The molecule has 14 heavy (non-hydrogen) atoms. The summed E-state index contributed by atoms with van der Waals surface area (Å²) in [6, 6.07) is 0. The van der Waals surface area contributed by atoms with Crippen LogP contribution in [0.2, 0.25) is 0 Å².